The zero-order valence-corrected chi connectivity index (χ0v) is 13.6. The molecule has 0 heterocycles. The van der Waals surface area contributed by atoms with Gasteiger partial charge in [0.2, 0.25) is 0 Å². The van der Waals surface area contributed by atoms with Gasteiger partial charge in [-0.15, -0.1) is 0 Å². The van der Waals surface area contributed by atoms with Crippen LogP contribution in [0.5, 0.6) is 0 Å². The number of carbonyl (C=O) groups is 1. The van der Waals surface area contributed by atoms with Crippen LogP contribution in [0.2, 0.25) is 10.0 Å². The Kier molecular flexibility index (Phi) is 5.91. The van der Waals surface area contributed by atoms with Gasteiger partial charge in [0.05, 0.1) is 15.6 Å². The molecular formula is C17H11Cl2F3O2. The number of rotatable bonds is 4. The highest BCUT2D eigenvalue weighted by molar-refractivity contribution is 6.42. The van der Waals surface area contributed by atoms with Crippen LogP contribution in [0.4, 0.5) is 13.2 Å². The summed E-state index contributed by atoms with van der Waals surface area (Å²) in [7, 11) is 0. The summed E-state index contributed by atoms with van der Waals surface area (Å²) in [5.74, 6) is -0.682. The minimum absolute atomic E-state index is 0.0251. The molecule has 2 nitrogen and oxygen atoms in total. The van der Waals surface area contributed by atoms with Gasteiger partial charge in [-0.05, 0) is 41.5 Å². The number of benzene rings is 2. The quantitative estimate of drug-likeness (QED) is 0.501. The van der Waals surface area contributed by atoms with Crippen LogP contribution in [0.25, 0.3) is 6.08 Å². The first kappa shape index (κ1) is 18.4. The molecule has 0 atom stereocenters. The predicted octanol–water partition coefficient (Wildman–Crippen LogP) is 5.77. The Morgan fingerprint density at radius 1 is 1.08 bits per heavy atom. The molecule has 0 radical (unpaired) electrons. The number of ether oxygens (including phenoxy) is 1. The van der Waals surface area contributed by atoms with Crippen molar-refractivity contribution in [2.24, 2.45) is 0 Å². The van der Waals surface area contributed by atoms with Crippen molar-refractivity contribution in [1.29, 1.82) is 0 Å². The van der Waals surface area contributed by atoms with Gasteiger partial charge in [-0.3, -0.25) is 0 Å². The Balaban J connectivity index is 1.97. The molecule has 126 valence electrons. The molecule has 0 aliphatic carbocycles. The van der Waals surface area contributed by atoms with Crippen LogP contribution in [-0.4, -0.2) is 5.97 Å². The smallest absolute Gasteiger partial charge is 0.416 e. The van der Waals surface area contributed by atoms with Crippen LogP contribution in [0, 0.1) is 0 Å². The van der Waals surface area contributed by atoms with E-state index >= 15 is 0 Å². The van der Waals surface area contributed by atoms with Crippen LogP contribution in [0.3, 0.4) is 0 Å². The second kappa shape index (κ2) is 7.73. The van der Waals surface area contributed by atoms with Gasteiger partial charge in [0.15, 0.2) is 0 Å². The lowest BCUT2D eigenvalue weighted by Gasteiger charge is -2.06. The molecule has 2 aromatic carbocycles. The third kappa shape index (κ3) is 5.28. The topological polar surface area (TPSA) is 26.3 Å². The fourth-order valence-electron chi connectivity index (χ4n) is 1.81. The molecule has 7 heteroatoms. The highest BCUT2D eigenvalue weighted by Gasteiger charge is 2.30. The molecular weight excluding hydrogens is 364 g/mol. The number of hydrogen-bond acceptors (Lipinski definition) is 2. The van der Waals surface area contributed by atoms with Crippen molar-refractivity contribution in [3.05, 3.63) is 75.3 Å². The van der Waals surface area contributed by atoms with Gasteiger partial charge >= 0.3 is 12.1 Å². The van der Waals surface area contributed by atoms with E-state index in [4.69, 9.17) is 27.9 Å². The molecule has 0 spiro atoms. The summed E-state index contributed by atoms with van der Waals surface area (Å²) >= 11 is 11.6. The maximum absolute atomic E-state index is 12.6. The zero-order chi connectivity index (χ0) is 17.7. The van der Waals surface area contributed by atoms with E-state index in [1.807, 2.05) is 0 Å². The molecule has 0 aliphatic heterocycles. The van der Waals surface area contributed by atoms with Gasteiger partial charge in [0.1, 0.15) is 6.61 Å². The van der Waals surface area contributed by atoms with Crippen LogP contribution < -0.4 is 0 Å². The minimum atomic E-state index is -4.43. The highest BCUT2D eigenvalue weighted by atomic mass is 35.5. The van der Waals surface area contributed by atoms with Crippen LogP contribution in [0.15, 0.2) is 48.5 Å². The minimum Gasteiger partial charge on any atom is -0.458 e. The summed E-state index contributed by atoms with van der Waals surface area (Å²) < 4.78 is 42.8. The van der Waals surface area contributed by atoms with Crippen LogP contribution >= 0.6 is 23.2 Å². The van der Waals surface area contributed by atoms with E-state index in [2.05, 4.69) is 0 Å². The number of esters is 1. The predicted molar refractivity (Wildman–Crippen MR) is 86.7 cm³/mol. The van der Waals surface area contributed by atoms with Crippen molar-refractivity contribution in [1.82, 2.24) is 0 Å². The summed E-state index contributed by atoms with van der Waals surface area (Å²) in [4.78, 5) is 11.6. The Morgan fingerprint density at radius 3 is 2.50 bits per heavy atom. The summed E-state index contributed by atoms with van der Waals surface area (Å²) in [5, 5.41) is 0.723. The van der Waals surface area contributed by atoms with Gasteiger partial charge in [0.25, 0.3) is 0 Å². The first-order valence-electron chi connectivity index (χ1n) is 6.72. The average molecular weight is 375 g/mol. The average Bonchev–Trinajstić information content (AvgIpc) is 2.53. The van der Waals surface area contributed by atoms with Crippen molar-refractivity contribution >= 4 is 35.2 Å². The third-order valence-electron chi connectivity index (χ3n) is 2.99. The number of carbonyl (C=O) groups excluding carboxylic acids is 1. The van der Waals surface area contributed by atoms with E-state index in [1.165, 1.54) is 18.2 Å². The van der Waals surface area contributed by atoms with E-state index < -0.39 is 17.7 Å². The fraction of sp³-hybridized carbons (Fsp3) is 0.118. The Bertz CT molecular complexity index is 771. The Morgan fingerprint density at radius 2 is 1.83 bits per heavy atom. The van der Waals surface area contributed by atoms with E-state index in [0.29, 0.717) is 15.6 Å². The molecule has 2 aromatic rings. The number of hydrogen-bond donors (Lipinski definition) is 0. The summed E-state index contributed by atoms with van der Waals surface area (Å²) in [6, 6.07) is 9.42. The maximum atomic E-state index is 12.6. The number of alkyl halides is 3. The van der Waals surface area contributed by atoms with Crippen LogP contribution in [0.1, 0.15) is 16.7 Å². The monoisotopic (exact) mass is 374 g/mol. The lowest BCUT2D eigenvalue weighted by molar-refractivity contribution is -0.139. The molecule has 2 rings (SSSR count). The van der Waals surface area contributed by atoms with Gasteiger partial charge in [-0.2, -0.15) is 13.2 Å². The first-order valence-corrected chi connectivity index (χ1v) is 7.47. The van der Waals surface area contributed by atoms with Gasteiger partial charge in [0, 0.05) is 6.08 Å². The zero-order valence-electron chi connectivity index (χ0n) is 12.1. The SMILES string of the molecule is O=C(C=Cc1cccc(C(F)(F)F)c1)OCc1ccc(Cl)c(Cl)c1. The largest absolute Gasteiger partial charge is 0.458 e. The molecule has 0 amide bonds. The van der Waals surface area contributed by atoms with E-state index in [0.717, 1.165) is 18.2 Å². The van der Waals surface area contributed by atoms with Gasteiger partial charge in [-0.1, -0.05) is 41.4 Å². The maximum Gasteiger partial charge on any atom is 0.416 e. The van der Waals surface area contributed by atoms with Crippen molar-refractivity contribution in [3.63, 3.8) is 0 Å². The molecule has 0 aromatic heterocycles. The van der Waals surface area contributed by atoms with Crippen molar-refractivity contribution < 1.29 is 22.7 Å². The molecule has 0 bridgehead atoms. The summed E-state index contributed by atoms with van der Waals surface area (Å²) in [5.41, 5.74) is 0.107. The fourth-order valence-corrected chi connectivity index (χ4v) is 2.14. The van der Waals surface area contributed by atoms with E-state index in [1.54, 1.807) is 18.2 Å². The molecule has 0 fully saturated rings. The molecule has 0 saturated carbocycles. The van der Waals surface area contributed by atoms with Crippen LogP contribution in [-0.2, 0) is 22.3 Å². The molecule has 0 aliphatic rings. The normalized spacial score (nSPS) is 11.7. The molecule has 0 N–H and O–H groups in total. The molecule has 0 unspecified atom stereocenters. The summed E-state index contributed by atoms with van der Waals surface area (Å²) in [6.07, 6.45) is -2.11. The van der Waals surface area contributed by atoms with Crippen molar-refractivity contribution in [3.8, 4) is 0 Å². The summed E-state index contributed by atoms with van der Waals surface area (Å²) in [6.45, 7) is -0.0251. The highest BCUT2D eigenvalue weighted by Crippen LogP contribution is 2.29. The molecule has 0 saturated heterocycles. The first-order chi connectivity index (χ1) is 11.3. The number of halogens is 5. The second-order valence-corrected chi connectivity index (χ2v) is 5.63. The third-order valence-corrected chi connectivity index (χ3v) is 3.73. The Labute approximate surface area is 146 Å². The van der Waals surface area contributed by atoms with Crippen molar-refractivity contribution in [2.75, 3.05) is 0 Å². The lowest BCUT2D eigenvalue weighted by Crippen LogP contribution is -2.04. The Hall–Kier alpha value is -1.98. The van der Waals surface area contributed by atoms with E-state index in [9.17, 15) is 18.0 Å². The second-order valence-electron chi connectivity index (χ2n) is 4.81. The van der Waals surface area contributed by atoms with Crippen molar-refractivity contribution in [2.45, 2.75) is 12.8 Å². The molecule has 24 heavy (non-hydrogen) atoms. The lowest BCUT2D eigenvalue weighted by atomic mass is 10.1. The van der Waals surface area contributed by atoms with E-state index in [-0.39, 0.29) is 12.2 Å². The standard InChI is InChI=1S/C17H11Cl2F3O2/c18-14-6-4-12(9-15(14)19)10-24-16(23)7-5-11-2-1-3-13(8-11)17(20,21)22/h1-9H,10H2. The van der Waals surface area contributed by atoms with Gasteiger partial charge < -0.3 is 4.74 Å². The van der Waals surface area contributed by atoms with Gasteiger partial charge in [-0.25, -0.2) is 4.79 Å².